The van der Waals surface area contributed by atoms with Gasteiger partial charge in [-0.1, -0.05) is 12.1 Å². The smallest absolute Gasteiger partial charge is 0.128 e. The largest absolute Gasteiger partial charge is 0.496 e. The van der Waals surface area contributed by atoms with Crippen LogP contribution < -0.4 is 10.5 Å². The van der Waals surface area contributed by atoms with Gasteiger partial charge in [0.2, 0.25) is 0 Å². The van der Waals surface area contributed by atoms with Crippen LogP contribution in [0.2, 0.25) is 0 Å². The number of aryl methyl sites for hydroxylation is 1. The van der Waals surface area contributed by atoms with Crippen molar-refractivity contribution < 1.29 is 4.74 Å². The molecule has 0 radical (unpaired) electrons. The summed E-state index contributed by atoms with van der Waals surface area (Å²) in [6.45, 7) is 2.83. The molecule has 0 saturated carbocycles. The highest BCUT2D eigenvalue weighted by molar-refractivity contribution is 5.76. The van der Waals surface area contributed by atoms with Crippen molar-refractivity contribution in [2.24, 2.45) is 0 Å². The Kier molecular flexibility index (Phi) is 2.81. The summed E-state index contributed by atoms with van der Waals surface area (Å²) < 4.78 is 7.11. The molecule has 16 heavy (non-hydrogen) atoms. The molecule has 2 rings (SSSR count). The van der Waals surface area contributed by atoms with E-state index in [-0.39, 0.29) is 0 Å². The SMILES string of the molecule is CCn1cc(N)c(-c2ccccc2OC)n1. The molecular weight excluding hydrogens is 202 g/mol. The predicted molar refractivity (Wildman–Crippen MR) is 64.3 cm³/mol. The maximum absolute atomic E-state index is 5.93. The van der Waals surface area contributed by atoms with E-state index in [9.17, 15) is 0 Å². The number of hydrogen-bond donors (Lipinski definition) is 1. The second-order valence-electron chi connectivity index (χ2n) is 3.49. The van der Waals surface area contributed by atoms with Crippen molar-refractivity contribution in [3.05, 3.63) is 30.5 Å². The van der Waals surface area contributed by atoms with Crippen molar-refractivity contribution in [1.82, 2.24) is 9.78 Å². The molecule has 0 aliphatic carbocycles. The Morgan fingerprint density at radius 2 is 2.12 bits per heavy atom. The number of methoxy groups -OCH3 is 1. The molecule has 0 aliphatic rings. The highest BCUT2D eigenvalue weighted by Crippen LogP contribution is 2.31. The van der Waals surface area contributed by atoms with Gasteiger partial charge in [-0.2, -0.15) is 5.10 Å². The van der Waals surface area contributed by atoms with E-state index in [2.05, 4.69) is 5.10 Å². The lowest BCUT2D eigenvalue weighted by molar-refractivity contribution is 0.416. The van der Waals surface area contributed by atoms with Crippen LogP contribution in [0, 0.1) is 0 Å². The number of anilines is 1. The normalized spacial score (nSPS) is 10.4. The van der Waals surface area contributed by atoms with Crippen LogP contribution in [0.5, 0.6) is 5.75 Å². The van der Waals surface area contributed by atoms with Gasteiger partial charge in [-0.15, -0.1) is 0 Å². The van der Waals surface area contributed by atoms with Crippen molar-refractivity contribution in [3.8, 4) is 17.0 Å². The molecular formula is C12H15N3O. The van der Waals surface area contributed by atoms with Crippen LogP contribution in [0.15, 0.2) is 30.5 Å². The molecule has 0 bridgehead atoms. The van der Waals surface area contributed by atoms with Crippen LogP contribution in [0.25, 0.3) is 11.3 Å². The van der Waals surface area contributed by atoms with E-state index in [0.717, 1.165) is 23.6 Å². The topological polar surface area (TPSA) is 53.1 Å². The molecule has 4 heteroatoms. The molecule has 1 aromatic carbocycles. The first-order chi connectivity index (χ1) is 7.76. The van der Waals surface area contributed by atoms with Gasteiger partial charge in [-0.05, 0) is 19.1 Å². The van der Waals surface area contributed by atoms with Crippen LogP contribution in [-0.2, 0) is 6.54 Å². The van der Waals surface area contributed by atoms with Crippen molar-refractivity contribution in [1.29, 1.82) is 0 Å². The third-order valence-corrected chi connectivity index (χ3v) is 2.48. The maximum atomic E-state index is 5.93. The number of aromatic nitrogens is 2. The van der Waals surface area contributed by atoms with Gasteiger partial charge in [0.05, 0.1) is 12.8 Å². The number of nitrogens with zero attached hydrogens (tertiary/aromatic N) is 2. The minimum Gasteiger partial charge on any atom is -0.496 e. The highest BCUT2D eigenvalue weighted by Gasteiger charge is 2.12. The summed E-state index contributed by atoms with van der Waals surface area (Å²) in [4.78, 5) is 0. The fourth-order valence-electron chi connectivity index (χ4n) is 1.65. The second-order valence-corrected chi connectivity index (χ2v) is 3.49. The number of nitrogen functional groups attached to an aromatic ring is 1. The van der Waals surface area contributed by atoms with Crippen LogP contribution in [0.4, 0.5) is 5.69 Å². The molecule has 2 aromatic rings. The summed E-state index contributed by atoms with van der Waals surface area (Å²) in [7, 11) is 1.64. The average Bonchev–Trinajstić information content (AvgIpc) is 2.70. The van der Waals surface area contributed by atoms with Gasteiger partial charge < -0.3 is 10.5 Å². The van der Waals surface area contributed by atoms with E-state index in [1.165, 1.54) is 0 Å². The third kappa shape index (κ3) is 1.74. The van der Waals surface area contributed by atoms with Crippen LogP contribution in [0.1, 0.15) is 6.92 Å². The zero-order chi connectivity index (χ0) is 11.5. The van der Waals surface area contributed by atoms with Crippen molar-refractivity contribution >= 4 is 5.69 Å². The van der Waals surface area contributed by atoms with Crippen LogP contribution in [-0.4, -0.2) is 16.9 Å². The molecule has 0 unspecified atom stereocenters. The Morgan fingerprint density at radius 1 is 1.38 bits per heavy atom. The third-order valence-electron chi connectivity index (χ3n) is 2.48. The molecule has 0 amide bonds. The van der Waals surface area contributed by atoms with Gasteiger partial charge in [0.15, 0.2) is 0 Å². The molecule has 84 valence electrons. The molecule has 0 atom stereocenters. The Labute approximate surface area is 94.6 Å². The zero-order valence-electron chi connectivity index (χ0n) is 9.47. The van der Waals surface area contributed by atoms with Gasteiger partial charge in [0.25, 0.3) is 0 Å². The number of hydrogen-bond acceptors (Lipinski definition) is 3. The number of rotatable bonds is 3. The zero-order valence-corrected chi connectivity index (χ0v) is 9.47. The number of ether oxygens (including phenoxy) is 1. The maximum Gasteiger partial charge on any atom is 0.128 e. The molecule has 1 aromatic heterocycles. The van der Waals surface area contributed by atoms with Crippen LogP contribution in [0.3, 0.4) is 0 Å². The fraction of sp³-hybridized carbons (Fsp3) is 0.250. The molecule has 0 saturated heterocycles. The van der Waals surface area contributed by atoms with Crippen molar-refractivity contribution in [2.45, 2.75) is 13.5 Å². The summed E-state index contributed by atoms with van der Waals surface area (Å²) in [6.07, 6.45) is 1.84. The summed E-state index contributed by atoms with van der Waals surface area (Å²) in [5, 5.41) is 4.42. The first kappa shape index (κ1) is 10.5. The lowest BCUT2D eigenvalue weighted by Gasteiger charge is -2.05. The molecule has 0 fully saturated rings. The Balaban J connectivity index is 2.53. The Bertz CT molecular complexity index is 491. The average molecular weight is 217 g/mol. The van der Waals surface area contributed by atoms with Crippen LogP contribution >= 0.6 is 0 Å². The second kappa shape index (κ2) is 4.26. The van der Waals surface area contributed by atoms with E-state index >= 15 is 0 Å². The van der Waals surface area contributed by atoms with E-state index in [0.29, 0.717) is 5.69 Å². The van der Waals surface area contributed by atoms with Gasteiger partial charge in [0.1, 0.15) is 11.4 Å². The molecule has 0 aliphatic heterocycles. The lowest BCUT2D eigenvalue weighted by Crippen LogP contribution is -1.94. The van der Waals surface area contributed by atoms with E-state index < -0.39 is 0 Å². The molecule has 0 spiro atoms. The van der Waals surface area contributed by atoms with Crippen molar-refractivity contribution in [2.75, 3.05) is 12.8 Å². The van der Waals surface area contributed by atoms with Gasteiger partial charge in [-0.3, -0.25) is 4.68 Å². The molecule has 2 N–H and O–H groups in total. The van der Waals surface area contributed by atoms with E-state index in [1.54, 1.807) is 7.11 Å². The standard InChI is InChI=1S/C12H15N3O/c1-3-15-8-10(13)12(14-15)9-6-4-5-7-11(9)16-2/h4-8H,3,13H2,1-2H3. The number of benzene rings is 1. The minimum atomic E-state index is 0.673. The van der Waals surface area contributed by atoms with Gasteiger partial charge in [-0.25, -0.2) is 0 Å². The minimum absolute atomic E-state index is 0.673. The summed E-state index contributed by atoms with van der Waals surface area (Å²) in [5.41, 5.74) is 8.31. The van der Waals surface area contributed by atoms with E-state index in [4.69, 9.17) is 10.5 Å². The highest BCUT2D eigenvalue weighted by atomic mass is 16.5. The molecule has 1 heterocycles. The summed E-state index contributed by atoms with van der Waals surface area (Å²) in [6, 6.07) is 7.73. The summed E-state index contributed by atoms with van der Waals surface area (Å²) >= 11 is 0. The van der Waals surface area contributed by atoms with Gasteiger partial charge in [0, 0.05) is 18.3 Å². The first-order valence-electron chi connectivity index (χ1n) is 5.22. The summed E-state index contributed by atoms with van der Waals surface area (Å²) in [5.74, 6) is 0.788. The van der Waals surface area contributed by atoms with Gasteiger partial charge >= 0.3 is 0 Å². The monoisotopic (exact) mass is 217 g/mol. The fourth-order valence-corrected chi connectivity index (χ4v) is 1.65. The predicted octanol–water partition coefficient (Wildman–Crippen LogP) is 2.16. The lowest BCUT2D eigenvalue weighted by atomic mass is 10.1. The Hall–Kier alpha value is -1.97. The molecule has 4 nitrogen and oxygen atoms in total. The Morgan fingerprint density at radius 3 is 2.75 bits per heavy atom. The quantitative estimate of drug-likeness (QED) is 0.857. The first-order valence-corrected chi connectivity index (χ1v) is 5.22. The van der Waals surface area contributed by atoms with E-state index in [1.807, 2.05) is 42.1 Å². The number of para-hydroxylation sites is 1. The van der Waals surface area contributed by atoms with Crippen molar-refractivity contribution in [3.63, 3.8) is 0 Å². The number of nitrogens with two attached hydrogens (primary N) is 1.